The van der Waals surface area contributed by atoms with Crippen molar-refractivity contribution in [3.8, 4) is 0 Å². The molecule has 2 aliphatic carbocycles. The molecule has 0 unspecified atom stereocenters. The number of carbonyl (C=O) groups is 1. The number of aromatic nitrogens is 1. The number of hydrogen-bond acceptors (Lipinski definition) is 3. The van der Waals surface area contributed by atoms with E-state index in [0.717, 1.165) is 30.0 Å². The highest BCUT2D eigenvalue weighted by Crippen LogP contribution is 2.49. The van der Waals surface area contributed by atoms with Gasteiger partial charge < -0.3 is 10.2 Å². The van der Waals surface area contributed by atoms with Gasteiger partial charge in [-0.1, -0.05) is 0 Å². The quantitative estimate of drug-likeness (QED) is 0.866. The van der Waals surface area contributed by atoms with E-state index in [1.54, 1.807) is 25.2 Å². The third kappa shape index (κ3) is 3.11. The van der Waals surface area contributed by atoms with Gasteiger partial charge in [0.15, 0.2) is 0 Å². The van der Waals surface area contributed by atoms with Crippen LogP contribution in [-0.2, 0) is 0 Å². The molecule has 0 saturated heterocycles. The van der Waals surface area contributed by atoms with Crippen LogP contribution in [0.2, 0.25) is 0 Å². The molecule has 0 atom stereocenters. The molecule has 1 amide bonds. The average Bonchev–Trinajstić information content (AvgIpc) is 3.31. The molecule has 0 bridgehead atoms. The fourth-order valence-corrected chi connectivity index (χ4v) is 2.89. The molecule has 2 fully saturated rings. The van der Waals surface area contributed by atoms with Gasteiger partial charge in [0.05, 0.1) is 0 Å². The Balaban J connectivity index is 1.62. The molecule has 1 heterocycles. The van der Waals surface area contributed by atoms with Crippen LogP contribution in [0, 0.1) is 17.8 Å². The molecule has 3 rings (SSSR count). The number of nitrogens with one attached hydrogen (secondary N) is 1. The van der Waals surface area contributed by atoms with Crippen LogP contribution in [0.4, 0.5) is 5.69 Å². The van der Waals surface area contributed by atoms with Crippen molar-refractivity contribution in [1.29, 1.82) is 0 Å². The van der Waals surface area contributed by atoms with Crippen LogP contribution in [-0.4, -0.2) is 36.4 Å². The van der Waals surface area contributed by atoms with Gasteiger partial charge in [0, 0.05) is 32.5 Å². The second-order valence-electron chi connectivity index (χ2n) is 6.35. The molecule has 108 valence electrons. The monoisotopic (exact) mass is 273 g/mol. The van der Waals surface area contributed by atoms with Gasteiger partial charge in [-0.25, -0.2) is 0 Å². The molecule has 0 spiro atoms. The van der Waals surface area contributed by atoms with Crippen molar-refractivity contribution in [3.05, 3.63) is 24.0 Å². The third-order valence-corrected chi connectivity index (χ3v) is 4.38. The van der Waals surface area contributed by atoms with E-state index in [2.05, 4.69) is 10.3 Å². The lowest BCUT2D eigenvalue weighted by Gasteiger charge is -2.17. The van der Waals surface area contributed by atoms with Crippen molar-refractivity contribution in [2.24, 2.45) is 17.8 Å². The molecule has 1 aromatic rings. The molecule has 1 N–H and O–H groups in total. The summed E-state index contributed by atoms with van der Waals surface area (Å²) in [4.78, 5) is 17.6. The van der Waals surface area contributed by atoms with Gasteiger partial charge in [-0.3, -0.25) is 9.78 Å². The van der Waals surface area contributed by atoms with Crippen LogP contribution in [0.5, 0.6) is 0 Å². The van der Waals surface area contributed by atoms with Gasteiger partial charge in [0.25, 0.3) is 5.91 Å². The summed E-state index contributed by atoms with van der Waals surface area (Å²) >= 11 is 0. The Morgan fingerprint density at radius 2 is 2.00 bits per heavy atom. The van der Waals surface area contributed by atoms with Crippen molar-refractivity contribution in [2.45, 2.75) is 25.7 Å². The van der Waals surface area contributed by atoms with E-state index in [4.69, 9.17) is 0 Å². The number of pyridine rings is 1. The summed E-state index contributed by atoms with van der Waals surface area (Å²) in [7, 11) is 3.50. The minimum Gasteiger partial charge on any atom is -0.385 e. The van der Waals surface area contributed by atoms with Crippen molar-refractivity contribution < 1.29 is 4.79 Å². The van der Waals surface area contributed by atoms with E-state index >= 15 is 0 Å². The molecule has 0 aliphatic heterocycles. The summed E-state index contributed by atoms with van der Waals surface area (Å²) in [6.07, 6.45) is 7.34. The highest BCUT2D eigenvalue weighted by atomic mass is 16.2. The predicted molar refractivity (Wildman–Crippen MR) is 79.7 cm³/mol. The maximum absolute atomic E-state index is 11.9. The van der Waals surface area contributed by atoms with Crippen LogP contribution < -0.4 is 5.32 Å². The first-order valence-corrected chi connectivity index (χ1v) is 7.56. The van der Waals surface area contributed by atoms with E-state index in [9.17, 15) is 4.79 Å². The second-order valence-corrected chi connectivity index (χ2v) is 6.35. The maximum Gasteiger partial charge on any atom is 0.272 e. The second kappa shape index (κ2) is 5.43. The average molecular weight is 273 g/mol. The first kappa shape index (κ1) is 13.4. The zero-order valence-electron chi connectivity index (χ0n) is 12.3. The number of rotatable bonds is 6. The Kier molecular flexibility index (Phi) is 3.64. The van der Waals surface area contributed by atoms with E-state index < -0.39 is 0 Å². The van der Waals surface area contributed by atoms with Gasteiger partial charge in [0.1, 0.15) is 5.69 Å². The minimum absolute atomic E-state index is 0.0467. The highest BCUT2D eigenvalue weighted by Gasteiger charge is 2.40. The Hall–Kier alpha value is -1.58. The van der Waals surface area contributed by atoms with E-state index in [1.165, 1.54) is 25.7 Å². The van der Waals surface area contributed by atoms with Crippen LogP contribution >= 0.6 is 0 Å². The molecule has 2 saturated carbocycles. The summed E-state index contributed by atoms with van der Waals surface area (Å²) in [6, 6.07) is 3.81. The van der Waals surface area contributed by atoms with Crippen molar-refractivity contribution in [2.75, 3.05) is 26.0 Å². The van der Waals surface area contributed by atoms with Crippen LogP contribution in [0.15, 0.2) is 18.3 Å². The molecule has 4 nitrogen and oxygen atoms in total. The summed E-state index contributed by atoms with van der Waals surface area (Å²) in [5.74, 6) is 2.67. The molecule has 0 aromatic carbocycles. The summed E-state index contributed by atoms with van der Waals surface area (Å²) in [5.41, 5.74) is 1.52. The van der Waals surface area contributed by atoms with Gasteiger partial charge in [-0.15, -0.1) is 0 Å². The van der Waals surface area contributed by atoms with Gasteiger partial charge in [-0.05, 0) is 55.6 Å². The molecular weight excluding hydrogens is 250 g/mol. The van der Waals surface area contributed by atoms with Gasteiger partial charge >= 0.3 is 0 Å². The van der Waals surface area contributed by atoms with Crippen LogP contribution in [0.1, 0.15) is 36.2 Å². The SMILES string of the molecule is CN(C)C(=O)c1cc(NCC(C2CC2)C2CC2)ccn1. The van der Waals surface area contributed by atoms with E-state index in [1.807, 2.05) is 12.1 Å². The Morgan fingerprint density at radius 3 is 2.55 bits per heavy atom. The Bertz CT molecular complexity index is 480. The first-order valence-electron chi connectivity index (χ1n) is 7.56. The zero-order chi connectivity index (χ0) is 14.1. The molecule has 2 aliphatic rings. The number of anilines is 1. The largest absolute Gasteiger partial charge is 0.385 e. The normalized spacial score (nSPS) is 18.1. The molecule has 4 heteroatoms. The van der Waals surface area contributed by atoms with E-state index in [0.29, 0.717) is 5.69 Å². The summed E-state index contributed by atoms with van der Waals surface area (Å²) in [6.45, 7) is 1.04. The summed E-state index contributed by atoms with van der Waals surface area (Å²) < 4.78 is 0. The van der Waals surface area contributed by atoms with Crippen molar-refractivity contribution in [1.82, 2.24) is 9.88 Å². The fourth-order valence-electron chi connectivity index (χ4n) is 2.89. The first-order chi connectivity index (χ1) is 9.65. The number of hydrogen-bond donors (Lipinski definition) is 1. The van der Waals surface area contributed by atoms with Crippen molar-refractivity contribution in [3.63, 3.8) is 0 Å². The smallest absolute Gasteiger partial charge is 0.272 e. The van der Waals surface area contributed by atoms with Crippen LogP contribution in [0.25, 0.3) is 0 Å². The zero-order valence-corrected chi connectivity index (χ0v) is 12.3. The molecule has 0 radical (unpaired) electrons. The number of amides is 1. The molecule has 20 heavy (non-hydrogen) atoms. The Labute approximate surface area is 120 Å². The van der Waals surface area contributed by atoms with Gasteiger partial charge in [-0.2, -0.15) is 0 Å². The topological polar surface area (TPSA) is 45.2 Å². The lowest BCUT2D eigenvalue weighted by atomic mass is 9.98. The van der Waals surface area contributed by atoms with Crippen molar-refractivity contribution >= 4 is 11.6 Å². The fraction of sp³-hybridized carbons (Fsp3) is 0.625. The highest BCUT2D eigenvalue weighted by molar-refractivity contribution is 5.92. The Morgan fingerprint density at radius 1 is 1.35 bits per heavy atom. The third-order valence-electron chi connectivity index (χ3n) is 4.38. The van der Waals surface area contributed by atoms with Crippen LogP contribution in [0.3, 0.4) is 0 Å². The van der Waals surface area contributed by atoms with Gasteiger partial charge in [0.2, 0.25) is 0 Å². The maximum atomic E-state index is 11.9. The standard InChI is InChI=1S/C16H23N3O/c1-19(2)16(20)15-9-13(7-8-17-15)18-10-14(11-3-4-11)12-5-6-12/h7-9,11-12,14H,3-6,10H2,1-2H3,(H,17,18). The predicted octanol–water partition coefficient (Wildman–Crippen LogP) is 2.63. The minimum atomic E-state index is -0.0467. The summed E-state index contributed by atoms with van der Waals surface area (Å²) in [5, 5.41) is 3.51. The molecular formula is C16H23N3O. The lowest BCUT2D eigenvalue weighted by Crippen LogP contribution is -2.23. The van der Waals surface area contributed by atoms with E-state index in [-0.39, 0.29) is 5.91 Å². The number of carbonyl (C=O) groups excluding carboxylic acids is 1. The molecule has 1 aromatic heterocycles. The lowest BCUT2D eigenvalue weighted by molar-refractivity contribution is 0.0822. The number of nitrogens with zero attached hydrogens (tertiary/aromatic N) is 2.